The Balaban J connectivity index is 1.47. The van der Waals surface area contributed by atoms with E-state index in [1.54, 1.807) is 12.1 Å². The number of rotatable bonds is 3. The largest absolute Gasteiger partial charge is 0.474 e. The van der Waals surface area contributed by atoms with Crippen LogP contribution in [0, 0.1) is 5.41 Å². The molecular weight excluding hydrogens is 281 g/mol. The Kier molecular flexibility index (Phi) is 2.62. The minimum absolute atomic E-state index is 0.0934. The third-order valence-corrected chi connectivity index (χ3v) is 5.12. The van der Waals surface area contributed by atoms with Crippen LogP contribution >= 0.6 is 0 Å². The van der Waals surface area contributed by atoms with Gasteiger partial charge in [-0.15, -0.1) is 0 Å². The molecule has 2 aliphatic carbocycles. The fourth-order valence-electron chi connectivity index (χ4n) is 3.48. The highest BCUT2D eigenvalue weighted by Gasteiger charge is 2.65. The normalized spacial score (nSPS) is 26.0. The Morgan fingerprint density at radius 2 is 1.90 bits per heavy atom. The number of nitrogens with one attached hydrogen (secondary N) is 1. The van der Waals surface area contributed by atoms with Crippen molar-refractivity contribution < 1.29 is 17.9 Å². The van der Waals surface area contributed by atoms with Crippen LogP contribution in [-0.4, -0.2) is 30.4 Å². The fourth-order valence-corrected chi connectivity index (χ4v) is 3.48. The Labute approximate surface area is 120 Å². The summed E-state index contributed by atoms with van der Waals surface area (Å²) in [4.78, 5) is 4.13. The summed E-state index contributed by atoms with van der Waals surface area (Å²) in [6.45, 7) is 2.05. The highest BCUT2D eigenvalue weighted by molar-refractivity contribution is 5.30. The first-order valence-electron chi connectivity index (χ1n) is 7.34. The molecule has 2 heterocycles. The molecule has 3 aliphatic rings. The van der Waals surface area contributed by atoms with Crippen molar-refractivity contribution in [3.63, 3.8) is 0 Å². The first-order valence-corrected chi connectivity index (χ1v) is 7.34. The van der Waals surface area contributed by atoms with E-state index in [9.17, 15) is 13.2 Å². The van der Waals surface area contributed by atoms with Gasteiger partial charge in [0.15, 0.2) is 0 Å². The molecule has 1 saturated heterocycles. The van der Waals surface area contributed by atoms with Gasteiger partial charge in [-0.2, -0.15) is 13.2 Å². The fraction of sp³-hybridized carbons (Fsp3) is 0.667. The molecule has 0 unspecified atom stereocenters. The average Bonchev–Trinajstić information content (AvgIpc) is 3.11. The molecule has 0 amide bonds. The topological polar surface area (TPSA) is 34.1 Å². The summed E-state index contributed by atoms with van der Waals surface area (Å²) < 4.78 is 45.1. The van der Waals surface area contributed by atoms with Crippen molar-refractivity contribution in [1.82, 2.24) is 10.3 Å². The van der Waals surface area contributed by atoms with Crippen molar-refractivity contribution in [2.75, 3.05) is 13.1 Å². The van der Waals surface area contributed by atoms with Crippen molar-refractivity contribution in [2.24, 2.45) is 5.41 Å². The third-order valence-electron chi connectivity index (χ3n) is 5.12. The zero-order chi connectivity index (χ0) is 14.7. The minimum Gasteiger partial charge on any atom is -0.474 e. The number of aromatic nitrogens is 1. The van der Waals surface area contributed by atoms with Crippen molar-refractivity contribution in [1.29, 1.82) is 0 Å². The lowest BCUT2D eigenvalue weighted by Crippen LogP contribution is -2.62. The molecule has 6 heteroatoms. The van der Waals surface area contributed by atoms with Gasteiger partial charge >= 0.3 is 6.18 Å². The van der Waals surface area contributed by atoms with Crippen LogP contribution in [0.5, 0.6) is 5.88 Å². The first-order chi connectivity index (χ1) is 9.93. The molecule has 3 nitrogen and oxygen atoms in total. The second-order valence-electron chi connectivity index (χ2n) is 6.69. The number of nitrogens with zero attached hydrogens (tertiary/aromatic N) is 1. The number of pyridine rings is 1. The van der Waals surface area contributed by atoms with Crippen LogP contribution in [0.3, 0.4) is 0 Å². The second-order valence-corrected chi connectivity index (χ2v) is 6.69. The van der Waals surface area contributed by atoms with Gasteiger partial charge in [-0.25, -0.2) is 4.98 Å². The van der Waals surface area contributed by atoms with Crippen molar-refractivity contribution in [3.05, 3.63) is 23.9 Å². The van der Waals surface area contributed by atoms with E-state index in [2.05, 4.69) is 10.3 Å². The Morgan fingerprint density at radius 1 is 1.19 bits per heavy atom. The molecule has 0 bridgehead atoms. The van der Waals surface area contributed by atoms with Crippen LogP contribution < -0.4 is 10.1 Å². The maximum Gasteiger partial charge on any atom is 0.399 e. The zero-order valence-corrected chi connectivity index (χ0v) is 11.5. The van der Waals surface area contributed by atoms with Gasteiger partial charge in [0.25, 0.3) is 0 Å². The molecule has 0 aromatic carbocycles. The lowest BCUT2D eigenvalue weighted by Gasteiger charge is -2.53. The number of hydrogen-bond donors (Lipinski definition) is 1. The molecule has 114 valence electrons. The maximum atomic E-state index is 13.1. The maximum absolute atomic E-state index is 13.1. The molecular formula is C15H17F3N2O. The summed E-state index contributed by atoms with van der Waals surface area (Å²) in [7, 11) is 0. The zero-order valence-electron chi connectivity index (χ0n) is 11.5. The average molecular weight is 298 g/mol. The summed E-state index contributed by atoms with van der Waals surface area (Å²) in [6.07, 6.45) is -1.93. The Hall–Kier alpha value is -1.30. The van der Waals surface area contributed by atoms with Gasteiger partial charge in [-0.05, 0) is 31.7 Å². The van der Waals surface area contributed by atoms with E-state index in [1.807, 2.05) is 0 Å². The van der Waals surface area contributed by atoms with Crippen molar-refractivity contribution >= 4 is 0 Å². The van der Waals surface area contributed by atoms with Gasteiger partial charge in [0.05, 0.1) is 5.69 Å². The standard InChI is InChI=1S/C15H17F3N2O/c16-15(17,18)14(4-5-14)11-2-1-3-12(20-11)21-10-6-13(7-10)8-19-9-13/h1-3,10,19H,4-9H2. The quantitative estimate of drug-likeness (QED) is 0.932. The lowest BCUT2D eigenvalue weighted by atomic mass is 9.63. The van der Waals surface area contributed by atoms with E-state index < -0.39 is 11.6 Å². The highest BCUT2D eigenvalue weighted by atomic mass is 19.4. The van der Waals surface area contributed by atoms with Gasteiger partial charge in [-0.1, -0.05) is 6.07 Å². The van der Waals surface area contributed by atoms with Crippen LogP contribution in [0.4, 0.5) is 13.2 Å². The molecule has 1 aliphatic heterocycles. The first kappa shape index (κ1) is 13.4. The van der Waals surface area contributed by atoms with E-state index >= 15 is 0 Å². The minimum atomic E-state index is -4.23. The van der Waals surface area contributed by atoms with E-state index in [1.165, 1.54) is 6.07 Å². The van der Waals surface area contributed by atoms with Crippen LogP contribution in [-0.2, 0) is 5.41 Å². The molecule has 1 spiro atoms. The number of hydrogen-bond acceptors (Lipinski definition) is 3. The highest BCUT2D eigenvalue weighted by Crippen LogP contribution is 2.58. The molecule has 21 heavy (non-hydrogen) atoms. The summed E-state index contributed by atoms with van der Waals surface area (Å²) in [5.41, 5.74) is -1.25. The summed E-state index contributed by atoms with van der Waals surface area (Å²) >= 11 is 0. The van der Waals surface area contributed by atoms with E-state index in [0.717, 1.165) is 25.9 Å². The predicted molar refractivity (Wildman–Crippen MR) is 70.2 cm³/mol. The molecule has 2 saturated carbocycles. The summed E-state index contributed by atoms with van der Waals surface area (Å²) in [5.74, 6) is 0.329. The smallest absolute Gasteiger partial charge is 0.399 e. The van der Waals surface area contributed by atoms with Crippen LogP contribution in [0.15, 0.2) is 18.2 Å². The monoisotopic (exact) mass is 298 g/mol. The van der Waals surface area contributed by atoms with Gasteiger partial charge in [-0.3, -0.25) is 0 Å². The van der Waals surface area contributed by atoms with E-state index in [-0.39, 0.29) is 24.6 Å². The van der Waals surface area contributed by atoms with Gasteiger partial charge in [0, 0.05) is 24.6 Å². The summed E-state index contributed by atoms with van der Waals surface area (Å²) in [6, 6.07) is 4.73. The van der Waals surface area contributed by atoms with Gasteiger partial charge in [0.2, 0.25) is 5.88 Å². The Morgan fingerprint density at radius 3 is 2.43 bits per heavy atom. The molecule has 1 N–H and O–H groups in total. The second kappa shape index (κ2) is 4.12. The van der Waals surface area contributed by atoms with Crippen molar-refractivity contribution in [3.8, 4) is 5.88 Å². The van der Waals surface area contributed by atoms with E-state index in [4.69, 9.17) is 4.74 Å². The molecule has 4 rings (SSSR count). The SMILES string of the molecule is FC(F)(F)C1(c2cccc(OC3CC4(CNC4)C3)n2)CC1. The number of ether oxygens (including phenoxy) is 1. The summed E-state index contributed by atoms with van der Waals surface area (Å²) in [5, 5.41) is 3.25. The van der Waals surface area contributed by atoms with Gasteiger partial charge < -0.3 is 10.1 Å². The molecule has 1 aromatic heterocycles. The molecule has 0 atom stereocenters. The molecule has 3 fully saturated rings. The number of halogens is 3. The Bertz CT molecular complexity index is 556. The number of alkyl halides is 3. The van der Waals surface area contributed by atoms with Crippen molar-refractivity contribution in [2.45, 2.75) is 43.4 Å². The van der Waals surface area contributed by atoms with E-state index in [0.29, 0.717) is 11.3 Å². The van der Waals surface area contributed by atoms with Crippen LogP contribution in [0.1, 0.15) is 31.4 Å². The van der Waals surface area contributed by atoms with Crippen LogP contribution in [0.25, 0.3) is 0 Å². The molecule has 0 radical (unpaired) electrons. The van der Waals surface area contributed by atoms with Gasteiger partial charge in [0.1, 0.15) is 11.5 Å². The third kappa shape index (κ3) is 2.03. The predicted octanol–water partition coefficient (Wildman–Crippen LogP) is 2.81. The lowest BCUT2D eigenvalue weighted by molar-refractivity contribution is -0.161. The van der Waals surface area contributed by atoms with Crippen LogP contribution in [0.2, 0.25) is 0 Å². The molecule has 1 aromatic rings.